The van der Waals surface area contributed by atoms with Crippen molar-refractivity contribution in [1.82, 2.24) is 9.13 Å². The molecule has 0 spiro atoms. The molecule has 10 aromatic rings. The van der Waals surface area contributed by atoms with Gasteiger partial charge in [-0.15, -0.1) is 11.3 Å². The molecule has 0 N–H and O–H groups in total. The van der Waals surface area contributed by atoms with Gasteiger partial charge in [-0.3, -0.25) is 0 Å². The molecule has 200 valence electrons. The lowest BCUT2D eigenvalue weighted by molar-refractivity contribution is 1.18. The minimum Gasteiger partial charge on any atom is -0.309 e. The largest absolute Gasteiger partial charge is 0.309 e. The summed E-state index contributed by atoms with van der Waals surface area (Å²) in [5.74, 6) is 0. The van der Waals surface area contributed by atoms with Crippen molar-refractivity contribution < 1.29 is 0 Å². The maximum atomic E-state index is 2.50. The molecule has 2 nitrogen and oxygen atoms in total. The number of thiophene rings is 1. The van der Waals surface area contributed by atoms with E-state index in [1.54, 1.807) is 0 Å². The van der Waals surface area contributed by atoms with Crippen molar-refractivity contribution in [2.45, 2.75) is 0 Å². The predicted octanol–water partition coefficient (Wildman–Crippen LogP) is 11.4. The van der Waals surface area contributed by atoms with Crippen LogP contribution in [0.1, 0.15) is 0 Å². The standard InChI is InChI=1S/C40H24N2S/c1-3-13-25(14-4-1)41-32-21-11-8-18-28(32)38-39(41)30-23-24-34-35(29-19-9-12-22-33(29)43-34)36(30)37-27-17-7-10-20-31(27)42(40(37)38)26-15-5-2-6-16-26/h1-24H. The third-order valence-electron chi connectivity index (χ3n) is 9.06. The Hall–Kier alpha value is -5.38. The molecule has 0 aliphatic rings. The number of para-hydroxylation sites is 4. The molecule has 7 aromatic carbocycles. The number of fused-ring (bicyclic) bond motifs is 14. The number of nitrogens with zero attached hydrogens (tertiary/aromatic N) is 2. The lowest BCUT2D eigenvalue weighted by Crippen LogP contribution is -1.96. The summed E-state index contributed by atoms with van der Waals surface area (Å²) < 4.78 is 7.64. The van der Waals surface area contributed by atoms with Crippen LogP contribution in [0, 0.1) is 0 Å². The number of aromatic nitrogens is 2. The summed E-state index contributed by atoms with van der Waals surface area (Å²) in [4.78, 5) is 0. The summed E-state index contributed by atoms with van der Waals surface area (Å²) in [5.41, 5.74) is 7.32. The number of rotatable bonds is 2. The number of hydrogen-bond acceptors (Lipinski definition) is 1. The molecule has 0 saturated carbocycles. The highest BCUT2D eigenvalue weighted by Gasteiger charge is 2.26. The van der Waals surface area contributed by atoms with Gasteiger partial charge in [-0.05, 0) is 48.5 Å². The monoisotopic (exact) mass is 564 g/mol. The molecule has 0 atom stereocenters. The van der Waals surface area contributed by atoms with E-state index in [0.29, 0.717) is 0 Å². The van der Waals surface area contributed by atoms with Crippen molar-refractivity contribution in [2.75, 3.05) is 0 Å². The van der Waals surface area contributed by atoms with E-state index < -0.39 is 0 Å². The zero-order chi connectivity index (χ0) is 28.1. The fraction of sp³-hybridized carbons (Fsp3) is 0. The van der Waals surface area contributed by atoms with E-state index in [0.717, 1.165) is 0 Å². The summed E-state index contributed by atoms with van der Waals surface area (Å²) in [6.07, 6.45) is 0. The highest BCUT2D eigenvalue weighted by Crippen LogP contribution is 2.50. The van der Waals surface area contributed by atoms with Crippen molar-refractivity contribution in [3.8, 4) is 11.4 Å². The second-order valence-corrected chi connectivity index (χ2v) is 12.4. The minimum absolute atomic E-state index is 1.17. The number of hydrogen-bond donors (Lipinski definition) is 0. The zero-order valence-electron chi connectivity index (χ0n) is 23.2. The van der Waals surface area contributed by atoms with Crippen LogP contribution in [0.15, 0.2) is 146 Å². The highest BCUT2D eigenvalue weighted by atomic mass is 32.1. The molecule has 0 aliphatic carbocycles. The molecule has 0 unspecified atom stereocenters. The molecule has 43 heavy (non-hydrogen) atoms. The van der Waals surface area contributed by atoms with Gasteiger partial charge < -0.3 is 9.13 Å². The first-order valence-corrected chi connectivity index (χ1v) is 15.5. The molecule has 0 saturated heterocycles. The third-order valence-corrected chi connectivity index (χ3v) is 10.2. The Balaban J connectivity index is 1.63. The molecule has 3 aromatic heterocycles. The van der Waals surface area contributed by atoms with Gasteiger partial charge in [0.15, 0.2) is 0 Å². The van der Waals surface area contributed by atoms with Gasteiger partial charge in [-0.2, -0.15) is 0 Å². The molecule has 10 rings (SSSR count). The Labute approximate surface area is 251 Å². The lowest BCUT2D eigenvalue weighted by Gasteiger charge is -2.14. The first-order valence-electron chi connectivity index (χ1n) is 14.7. The van der Waals surface area contributed by atoms with E-state index in [1.807, 2.05) is 11.3 Å². The van der Waals surface area contributed by atoms with Crippen LogP contribution in [0.2, 0.25) is 0 Å². The number of benzene rings is 7. The van der Waals surface area contributed by atoms with E-state index >= 15 is 0 Å². The molecular formula is C40H24N2S. The van der Waals surface area contributed by atoms with Gasteiger partial charge in [0.1, 0.15) is 0 Å². The van der Waals surface area contributed by atoms with E-state index in [-0.39, 0.29) is 0 Å². The van der Waals surface area contributed by atoms with Crippen LogP contribution in [0.5, 0.6) is 0 Å². The maximum absolute atomic E-state index is 2.50. The van der Waals surface area contributed by atoms with Crippen LogP contribution >= 0.6 is 11.3 Å². The quantitative estimate of drug-likeness (QED) is 0.198. The smallest absolute Gasteiger partial charge is 0.0648 e. The SMILES string of the molecule is c1ccc(-n2c3ccccc3c3c2c2ccc4sc5ccccc5c4c2c2c4ccccc4n(-c4ccccc4)c23)cc1. The summed E-state index contributed by atoms with van der Waals surface area (Å²) in [5, 5.41) is 10.5. The third kappa shape index (κ3) is 3.02. The Kier molecular flexibility index (Phi) is 4.63. The van der Waals surface area contributed by atoms with Crippen molar-refractivity contribution in [1.29, 1.82) is 0 Å². The average Bonchev–Trinajstić information content (AvgIpc) is 3.73. The van der Waals surface area contributed by atoms with Crippen LogP contribution in [-0.2, 0) is 0 Å². The molecule has 0 bridgehead atoms. The van der Waals surface area contributed by atoms with Crippen molar-refractivity contribution in [3.05, 3.63) is 146 Å². The minimum atomic E-state index is 1.17. The summed E-state index contributed by atoms with van der Waals surface area (Å²) in [6, 6.07) is 53.2. The Morgan fingerprint density at radius 2 is 0.860 bits per heavy atom. The topological polar surface area (TPSA) is 9.86 Å². The molecule has 3 heterocycles. The van der Waals surface area contributed by atoms with E-state index in [4.69, 9.17) is 0 Å². The van der Waals surface area contributed by atoms with Gasteiger partial charge in [0.05, 0.1) is 22.1 Å². The average molecular weight is 565 g/mol. The van der Waals surface area contributed by atoms with Crippen LogP contribution < -0.4 is 0 Å². The lowest BCUT2D eigenvalue weighted by atomic mass is 9.95. The van der Waals surface area contributed by atoms with E-state index in [2.05, 4.69) is 155 Å². The maximum Gasteiger partial charge on any atom is 0.0648 e. The summed E-state index contributed by atoms with van der Waals surface area (Å²) in [6.45, 7) is 0. The van der Waals surface area contributed by atoms with Gasteiger partial charge in [0.25, 0.3) is 0 Å². The van der Waals surface area contributed by atoms with Crippen molar-refractivity contribution in [2.24, 2.45) is 0 Å². The molecule has 0 amide bonds. The second-order valence-electron chi connectivity index (χ2n) is 11.3. The van der Waals surface area contributed by atoms with Gasteiger partial charge in [-0.25, -0.2) is 0 Å². The first-order chi connectivity index (χ1) is 21.4. The fourth-order valence-electron chi connectivity index (χ4n) is 7.43. The fourth-order valence-corrected chi connectivity index (χ4v) is 8.54. The summed E-state index contributed by atoms with van der Waals surface area (Å²) >= 11 is 1.89. The van der Waals surface area contributed by atoms with Crippen molar-refractivity contribution in [3.63, 3.8) is 0 Å². The Bertz CT molecular complexity index is 2710. The van der Waals surface area contributed by atoms with Gasteiger partial charge >= 0.3 is 0 Å². The molecule has 0 fully saturated rings. The molecule has 3 heteroatoms. The summed E-state index contributed by atoms with van der Waals surface area (Å²) in [7, 11) is 0. The zero-order valence-corrected chi connectivity index (χ0v) is 24.0. The van der Waals surface area contributed by atoms with Gasteiger partial charge in [-0.1, -0.05) is 97.1 Å². The van der Waals surface area contributed by atoms with Crippen LogP contribution in [0.4, 0.5) is 0 Å². The van der Waals surface area contributed by atoms with Crippen molar-refractivity contribution >= 4 is 85.9 Å². The molecule has 0 aliphatic heterocycles. The van der Waals surface area contributed by atoms with E-state index in [1.165, 1.54) is 85.9 Å². The predicted molar refractivity (Wildman–Crippen MR) is 186 cm³/mol. The van der Waals surface area contributed by atoms with E-state index in [9.17, 15) is 0 Å². The second kappa shape index (κ2) is 8.57. The molecular weight excluding hydrogens is 541 g/mol. The van der Waals surface area contributed by atoms with Crippen LogP contribution in [-0.4, -0.2) is 9.13 Å². The van der Waals surface area contributed by atoms with Gasteiger partial charge in [0, 0.05) is 63.9 Å². The van der Waals surface area contributed by atoms with Crippen LogP contribution in [0.3, 0.4) is 0 Å². The van der Waals surface area contributed by atoms with Gasteiger partial charge in [0.2, 0.25) is 0 Å². The van der Waals surface area contributed by atoms with Crippen LogP contribution in [0.25, 0.3) is 85.9 Å². The first kappa shape index (κ1) is 23.2. The normalized spacial score (nSPS) is 12.2. The highest BCUT2D eigenvalue weighted by molar-refractivity contribution is 7.26. The Morgan fingerprint density at radius 1 is 0.326 bits per heavy atom. The molecule has 0 radical (unpaired) electrons. The Morgan fingerprint density at radius 3 is 1.53 bits per heavy atom.